The van der Waals surface area contributed by atoms with E-state index in [-0.39, 0.29) is 24.0 Å². The van der Waals surface area contributed by atoms with Crippen molar-refractivity contribution < 1.29 is 14.3 Å². The minimum absolute atomic E-state index is 0.0628. The Morgan fingerprint density at radius 3 is 2.54 bits per heavy atom. The lowest BCUT2D eigenvalue weighted by molar-refractivity contribution is -0.141. The summed E-state index contributed by atoms with van der Waals surface area (Å²) in [6.45, 7) is 1.16. The van der Waals surface area contributed by atoms with Crippen molar-refractivity contribution in [3.63, 3.8) is 0 Å². The Labute approximate surface area is 164 Å². The monoisotopic (exact) mass is 374 g/mol. The molecule has 3 saturated heterocycles. The lowest BCUT2D eigenvalue weighted by atomic mass is 10.1. The molecule has 5 rings (SSSR count). The van der Waals surface area contributed by atoms with Crippen LogP contribution in [0.5, 0.6) is 0 Å². The van der Waals surface area contributed by atoms with Crippen LogP contribution >= 0.6 is 0 Å². The van der Waals surface area contributed by atoms with E-state index in [1.165, 1.54) is 0 Å². The highest BCUT2D eigenvalue weighted by atomic mass is 16.5. The molecule has 5 nitrogen and oxygen atoms in total. The molecule has 0 aromatic heterocycles. The first-order valence-corrected chi connectivity index (χ1v) is 9.74. The standard InChI is InChI=1S/C23H22N2O3/c26-21(12-11-17-7-3-1-4-8-17)24-14-13-23-20(24)15-22(27)25(23)16-19(28-23)18-9-5-2-6-10-18/h1-12,19-20H,13-16H2/b12-11+/t19-,20+,23-/m0/s1. The third-order valence-electron chi connectivity index (χ3n) is 6.10. The minimum atomic E-state index is -0.673. The van der Waals surface area contributed by atoms with Crippen molar-refractivity contribution in [1.82, 2.24) is 9.80 Å². The highest BCUT2D eigenvalue weighted by molar-refractivity contribution is 5.93. The average molecular weight is 374 g/mol. The molecule has 3 aliphatic rings. The highest BCUT2D eigenvalue weighted by Gasteiger charge is 2.64. The van der Waals surface area contributed by atoms with Gasteiger partial charge in [0.25, 0.3) is 0 Å². The van der Waals surface area contributed by atoms with Gasteiger partial charge < -0.3 is 14.5 Å². The van der Waals surface area contributed by atoms with Crippen LogP contribution in [0.1, 0.15) is 30.1 Å². The van der Waals surface area contributed by atoms with Crippen LogP contribution in [-0.4, -0.2) is 46.5 Å². The van der Waals surface area contributed by atoms with Gasteiger partial charge in [-0.3, -0.25) is 9.59 Å². The zero-order chi connectivity index (χ0) is 19.1. The minimum Gasteiger partial charge on any atom is -0.343 e. The van der Waals surface area contributed by atoms with Crippen molar-refractivity contribution in [2.24, 2.45) is 0 Å². The molecule has 2 amide bonds. The number of carbonyl (C=O) groups excluding carboxylic acids is 2. The summed E-state index contributed by atoms with van der Waals surface area (Å²) >= 11 is 0. The van der Waals surface area contributed by atoms with Gasteiger partial charge in [0.1, 0.15) is 6.10 Å². The van der Waals surface area contributed by atoms with Gasteiger partial charge in [-0.15, -0.1) is 0 Å². The Bertz CT molecular complexity index is 927. The summed E-state index contributed by atoms with van der Waals surface area (Å²) in [6.07, 6.45) is 4.29. The van der Waals surface area contributed by atoms with Gasteiger partial charge in [0.15, 0.2) is 5.72 Å². The topological polar surface area (TPSA) is 49.9 Å². The first kappa shape index (κ1) is 17.2. The highest BCUT2D eigenvalue weighted by Crippen LogP contribution is 2.50. The molecule has 142 valence electrons. The second-order valence-electron chi connectivity index (χ2n) is 7.61. The SMILES string of the molecule is O=C(/C=C/c1ccccc1)N1CC[C@@]23O[C@H](c4ccccc4)CN2C(=O)C[C@@H]13. The van der Waals surface area contributed by atoms with E-state index in [0.29, 0.717) is 25.9 Å². The fourth-order valence-electron chi connectivity index (χ4n) is 4.76. The fraction of sp³-hybridized carbons (Fsp3) is 0.304. The summed E-state index contributed by atoms with van der Waals surface area (Å²) < 4.78 is 6.48. The van der Waals surface area contributed by atoms with Crippen LogP contribution in [0, 0.1) is 0 Å². The Morgan fingerprint density at radius 2 is 1.79 bits per heavy atom. The molecule has 0 radical (unpaired) electrons. The summed E-state index contributed by atoms with van der Waals surface area (Å²) in [6, 6.07) is 19.5. The zero-order valence-corrected chi connectivity index (χ0v) is 15.5. The van der Waals surface area contributed by atoms with E-state index in [1.54, 1.807) is 6.08 Å². The maximum absolute atomic E-state index is 12.9. The maximum Gasteiger partial charge on any atom is 0.247 e. The Balaban J connectivity index is 1.37. The van der Waals surface area contributed by atoms with Gasteiger partial charge in [-0.2, -0.15) is 0 Å². The second kappa shape index (κ2) is 6.60. The molecule has 0 unspecified atom stereocenters. The number of carbonyl (C=O) groups is 2. The molecule has 3 aliphatic heterocycles. The normalized spacial score (nSPS) is 28.8. The predicted octanol–water partition coefficient (Wildman–Crippen LogP) is 3.00. The molecule has 2 aromatic carbocycles. The number of hydrogen-bond acceptors (Lipinski definition) is 3. The summed E-state index contributed by atoms with van der Waals surface area (Å²) in [5.41, 5.74) is 1.38. The van der Waals surface area contributed by atoms with Gasteiger partial charge in [0.05, 0.1) is 19.0 Å². The molecule has 28 heavy (non-hydrogen) atoms. The number of hydrogen-bond donors (Lipinski definition) is 0. The van der Waals surface area contributed by atoms with Crippen LogP contribution < -0.4 is 0 Å². The van der Waals surface area contributed by atoms with Crippen molar-refractivity contribution >= 4 is 17.9 Å². The molecule has 5 heteroatoms. The Kier molecular flexibility index (Phi) is 4.05. The van der Waals surface area contributed by atoms with Gasteiger partial charge in [-0.25, -0.2) is 0 Å². The quantitative estimate of drug-likeness (QED) is 0.776. The van der Waals surface area contributed by atoms with Gasteiger partial charge in [-0.1, -0.05) is 60.7 Å². The number of amides is 2. The molecule has 3 heterocycles. The molecule has 3 atom stereocenters. The van der Waals surface area contributed by atoms with Crippen molar-refractivity contribution in [2.75, 3.05) is 13.1 Å². The van der Waals surface area contributed by atoms with Gasteiger partial charge in [-0.05, 0) is 17.2 Å². The Morgan fingerprint density at radius 1 is 1.07 bits per heavy atom. The van der Waals surface area contributed by atoms with E-state index in [1.807, 2.05) is 76.5 Å². The zero-order valence-electron chi connectivity index (χ0n) is 15.5. The third-order valence-corrected chi connectivity index (χ3v) is 6.10. The van der Waals surface area contributed by atoms with Crippen LogP contribution in [0.3, 0.4) is 0 Å². The molecule has 0 aliphatic carbocycles. The summed E-state index contributed by atoms with van der Waals surface area (Å²) in [5.74, 6) is 0.0140. The van der Waals surface area contributed by atoms with E-state index >= 15 is 0 Å². The number of nitrogens with zero attached hydrogens (tertiary/aromatic N) is 2. The van der Waals surface area contributed by atoms with Crippen LogP contribution in [0.25, 0.3) is 6.08 Å². The van der Waals surface area contributed by atoms with Crippen LogP contribution in [0.15, 0.2) is 66.7 Å². The Hall–Kier alpha value is -2.92. The second-order valence-corrected chi connectivity index (χ2v) is 7.61. The van der Waals surface area contributed by atoms with E-state index in [4.69, 9.17) is 4.74 Å². The van der Waals surface area contributed by atoms with Gasteiger partial charge in [0.2, 0.25) is 11.8 Å². The first-order valence-electron chi connectivity index (χ1n) is 9.74. The lowest BCUT2D eigenvalue weighted by Gasteiger charge is -2.31. The number of ether oxygens (including phenoxy) is 1. The summed E-state index contributed by atoms with van der Waals surface area (Å²) in [5, 5.41) is 0. The molecular formula is C23H22N2O3. The maximum atomic E-state index is 12.9. The molecule has 2 aromatic rings. The van der Waals surface area contributed by atoms with Crippen molar-refractivity contribution in [3.8, 4) is 0 Å². The lowest BCUT2D eigenvalue weighted by Crippen LogP contribution is -2.48. The summed E-state index contributed by atoms with van der Waals surface area (Å²) in [4.78, 5) is 29.2. The number of benzene rings is 2. The first-order chi connectivity index (χ1) is 13.7. The van der Waals surface area contributed by atoms with E-state index < -0.39 is 5.72 Å². The van der Waals surface area contributed by atoms with Crippen LogP contribution in [-0.2, 0) is 14.3 Å². The predicted molar refractivity (Wildman–Crippen MR) is 105 cm³/mol. The van der Waals surface area contributed by atoms with Crippen LogP contribution in [0.4, 0.5) is 0 Å². The molecular weight excluding hydrogens is 352 g/mol. The smallest absolute Gasteiger partial charge is 0.247 e. The van der Waals surface area contributed by atoms with Gasteiger partial charge >= 0.3 is 0 Å². The molecule has 3 fully saturated rings. The fourth-order valence-corrected chi connectivity index (χ4v) is 4.76. The van der Waals surface area contributed by atoms with Crippen LogP contribution in [0.2, 0.25) is 0 Å². The van der Waals surface area contributed by atoms with E-state index in [9.17, 15) is 9.59 Å². The van der Waals surface area contributed by atoms with Crippen molar-refractivity contribution in [2.45, 2.75) is 30.7 Å². The van der Waals surface area contributed by atoms with E-state index in [2.05, 4.69) is 0 Å². The molecule has 0 N–H and O–H groups in total. The molecule has 1 spiro atoms. The number of likely N-dealkylation sites (tertiary alicyclic amines) is 1. The van der Waals surface area contributed by atoms with Gasteiger partial charge in [0, 0.05) is 19.0 Å². The molecule has 0 saturated carbocycles. The largest absolute Gasteiger partial charge is 0.343 e. The number of rotatable bonds is 3. The van der Waals surface area contributed by atoms with E-state index in [0.717, 1.165) is 11.1 Å². The molecule has 0 bridgehead atoms. The average Bonchev–Trinajstić information content (AvgIpc) is 3.36. The summed E-state index contributed by atoms with van der Waals surface area (Å²) in [7, 11) is 0. The van der Waals surface area contributed by atoms with Crippen molar-refractivity contribution in [3.05, 3.63) is 77.9 Å². The van der Waals surface area contributed by atoms with Crippen molar-refractivity contribution in [1.29, 1.82) is 0 Å². The third kappa shape index (κ3) is 2.66.